The number of carbonyl (C=O) groups is 2. The van der Waals surface area contributed by atoms with Crippen LogP contribution in [-0.4, -0.2) is 60.6 Å². The number of nitrogens with zero attached hydrogens (tertiary/aromatic N) is 3. The van der Waals surface area contributed by atoms with Gasteiger partial charge in [0.25, 0.3) is 15.9 Å². The maximum Gasteiger partial charge on any atom is 0.317 e. The zero-order valence-corrected chi connectivity index (χ0v) is 22.8. The number of anilines is 1. The molecule has 0 aliphatic carbocycles. The van der Waals surface area contributed by atoms with Crippen LogP contribution >= 0.6 is 0 Å². The highest BCUT2D eigenvalue weighted by atomic mass is 32.2. The maximum absolute atomic E-state index is 13.4. The van der Waals surface area contributed by atoms with Crippen LogP contribution < -0.4 is 20.1 Å². The molecular weight excluding hydrogens is 520 g/mol. The number of nitrogens with one attached hydrogen (secondary N) is 3. The van der Waals surface area contributed by atoms with Gasteiger partial charge in [0.15, 0.2) is 5.72 Å². The number of hydrogen-bond donors (Lipinski definition) is 3. The summed E-state index contributed by atoms with van der Waals surface area (Å²) in [7, 11) is -4.11. The van der Waals surface area contributed by atoms with Gasteiger partial charge in [-0.2, -0.15) is 4.98 Å². The van der Waals surface area contributed by atoms with Crippen LogP contribution in [0.5, 0.6) is 5.88 Å². The molecule has 1 fully saturated rings. The Bertz CT molecular complexity index is 1530. The van der Waals surface area contributed by atoms with E-state index in [1.807, 2.05) is 39.0 Å². The number of aryl methyl sites for hydroxylation is 2. The van der Waals surface area contributed by atoms with Gasteiger partial charge in [0, 0.05) is 49.7 Å². The Morgan fingerprint density at radius 2 is 1.77 bits per heavy atom. The van der Waals surface area contributed by atoms with Crippen molar-refractivity contribution in [2.75, 3.05) is 24.4 Å². The molecule has 0 radical (unpaired) electrons. The molecule has 3 heterocycles. The summed E-state index contributed by atoms with van der Waals surface area (Å²) in [6, 6.07) is 13.0. The molecule has 1 aromatic heterocycles. The Kier molecular flexibility index (Phi) is 6.89. The molecule has 0 atom stereocenters. The summed E-state index contributed by atoms with van der Waals surface area (Å²) in [6.45, 7) is 6.91. The first-order chi connectivity index (χ1) is 18.6. The summed E-state index contributed by atoms with van der Waals surface area (Å²) >= 11 is 0. The van der Waals surface area contributed by atoms with Crippen LogP contribution in [0, 0.1) is 13.8 Å². The molecule has 11 nitrogen and oxygen atoms in total. The molecule has 3 N–H and O–H groups in total. The van der Waals surface area contributed by atoms with Gasteiger partial charge in [-0.1, -0.05) is 24.3 Å². The molecule has 4 bridgehead atoms. The SMILES string of the molecule is CCNC(=O)N1CCC2(CC1)NC(=O)c1cccc(c1)S(=O)(=O)Nc1nc(cc(-c3c(C)cccc3C)n1)O2. The van der Waals surface area contributed by atoms with Gasteiger partial charge in [-0.15, -0.1) is 0 Å². The highest BCUT2D eigenvalue weighted by molar-refractivity contribution is 7.92. The molecule has 204 valence electrons. The lowest BCUT2D eigenvalue weighted by Crippen LogP contribution is -2.60. The number of urea groups is 1. The van der Waals surface area contributed by atoms with Gasteiger partial charge in [0.1, 0.15) is 0 Å². The van der Waals surface area contributed by atoms with Gasteiger partial charge < -0.3 is 20.3 Å². The van der Waals surface area contributed by atoms with E-state index in [4.69, 9.17) is 4.74 Å². The van der Waals surface area contributed by atoms with Crippen molar-refractivity contribution in [2.24, 2.45) is 0 Å². The molecular formula is C27H30N6O5S. The number of hydrogen-bond acceptors (Lipinski definition) is 7. The van der Waals surface area contributed by atoms with E-state index < -0.39 is 21.7 Å². The maximum atomic E-state index is 13.4. The summed E-state index contributed by atoms with van der Waals surface area (Å²) in [5, 5.41) is 5.77. The first-order valence-corrected chi connectivity index (χ1v) is 14.2. The summed E-state index contributed by atoms with van der Waals surface area (Å²) in [6.07, 6.45) is 0.582. The Hall–Kier alpha value is -4.19. The van der Waals surface area contributed by atoms with Crippen molar-refractivity contribution in [1.82, 2.24) is 25.5 Å². The predicted octanol–water partition coefficient (Wildman–Crippen LogP) is 3.21. The number of piperidine rings is 1. The number of fused-ring (bicyclic) bond motifs is 4. The molecule has 2 aliphatic rings. The monoisotopic (exact) mass is 550 g/mol. The zero-order valence-electron chi connectivity index (χ0n) is 21.9. The highest BCUT2D eigenvalue weighted by Crippen LogP contribution is 2.33. The van der Waals surface area contributed by atoms with Crippen LogP contribution in [0.2, 0.25) is 0 Å². The lowest BCUT2D eigenvalue weighted by atomic mass is 9.98. The van der Waals surface area contributed by atoms with Crippen molar-refractivity contribution in [3.8, 4) is 17.1 Å². The minimum Gasteiger partial charge on any atom is -0.451 e. The smallest absolute Gasteiger partial charge is 0.317 e. The second-order valence-electron chi connectivity index (χ2n) is 9.69. The van der Waals surface area contributed by atoms with Gasteiger partial charge in [-0.25, -0.2) is 22.9 Å². The second kappa shape index (κ2) is 10.2. The minimum atomic E-state index is -4.11. The Morgan fingerprint density at radius 1 is 1.08 bits per heavy atom. The first-order valence-electron chi connectivity index (χ1n) is 12.7. The Morgan fingerprint density at radius 3 is 2.46 bits per heavy atom. The van der Waals surface area contributed by atoms with Gasteiger partial charge in [0.2, 0.25) is 11.8 Å². The molecule has 2 aromatic carbocycles. The van der Waals surface area contributed by atoms with Crippen molar-refractivity contribution >= 4 is 27.9 Å². The van der Waals surface area contributed by atoms with E-state index in [0.717, 1.165) is 16.7 Å². The van der Waals surface area contributed by atoms with E-state index in [2.05, 4.69) is 25.3 Å². The first kappa shape index (κ1) is 26.4. The van der Waals surface area contributed by atoms with Crippen LogP contribution in [0.25, 0.3) is 11.3 Å². The summed E-state index contributed by atoms with van der Waals surface area (Å²) < 4.78 is 35.3. The van der Waals surface area contributed by atoms with E-state index in [0.29, 0.717) is 38.2 Å². The number of carbonyl (C=O) groups excluding carboxylic acids is 2. The minimum absolute atomic E-state index is 0.0938. The largest absolute Gasteiger partial charge is 0.451 e. The number of aromatic nitrogens is 2. The number of likely N-dealkylation sites (tertiary alicyclic amines) is 1. The van der Waals surface area contributed by atoms with Crippen LogP contribution in [-0.2, 0) is 10.0 Å². The van der Waals surface area contributed by atoms with E-state index in [9.17, 15) is 18.0 Å². The lowest BCUT2D eigenvalue weighted by molar-refractivity contribution is -0.0161. The third kappa shape index (κ3) is 5.37. The summed E-state index contributed by atoms with van der Waals surface area (Å²) in [5.74, 6) is -0.558. The zero-order chi connectivity index (χ0) is 27.8. The molecule has 0 unspecified atom stereocenters. The normalized spacial score (nSPS) is 17.6. The molecule has 39 heavy (non-hydrogen) atoms. The molecule has 0 saturated carbocycles. The second-order valence-corrected chi connectivity index (χ2v) is 11.4. The van der Waals surface area contributed by atoms with Crippen molar-refractivity contribution < 1.29 is 22.7 Å². The van der Waals surface area contributed by atoms with Crippen molar-refractivity contribution in [3.05, 3.63) is 65.2 Å². The Balaban J connectivity index is 1.63. The van der Waals surface area contributed by atoms with E-state index in [1.165, 1.54) is 24.3 Å². The average Bonchev–Trinajstić information content (AvgIpc) is 2.88. The van der Waals surface area contributed by atoms with Gasteiger partial charge in [-0.05, 0) is 50.1 Å². The number of amides is 3. The van der Waals surface area contributed by atoms with Crippen LogP contribution in [0.1, 0.15) is 41.3 Å². The predicted molar refractivity (Wildman–Crippen MR) is 145 cm³/mol. The van der Waals surface area contributed by atoms with Crippen molar-refractivity contribution in [2.45, 2.75) is 44.2 Å². The fraction of sp³-hybridized carbons (Fsp3) is 0.333. The van der Waals surface area contributed by atoms with Crippen molar-refractivity contribution in [1.29, 1.82) is 0 Å². The molecule has 12 heteroatoms. The van der Waals surface area contributed by atoms with E-state index in [1.54, 1.807) is 11.0 Å². The standard InChI is InChI=1S/C27H30N6O5S/c1-4-28-26(35)33-13-11-27(12-14-33)31-24(34)19-9-6-10-20(15-19)39(36,37)32-25-29-21(16-22(30-25)38-27)23-17(2)7-5-8-18(23)3/h5-10,15-16H,4,11-14H2,1-3H3,(H,28,35)(H,31,34)(H,29,30,32). The number of sulfonamides is 1. The molecule has 1 saturated heterocycles. The van der Waals surface area contributed by atoms with Gasteiger partial charge >= 0.3 is 6.03 Å². The molecule has 3 aromatic rings. The highest BCUT2D eigenvalue weighted by Gasteiger charge is 2.40. The fourth-order valence-electron chi connectivity index (χ4n) is 4.92. The van der Waals surface area contributed by atoms with Crippen LogP contribution in [0.4, 0.5) is 10.7 Å². The lowest BCUT2D eigenvalue weighted by Gasteiger charge is -2.41. The topological polar surface area (TPSA) is 143 Å². The molecule has 1 spiro atoms. The van der Waals surface area contributed by atoms with Crippen molar-refractivity contribution in [3.63, 3.8) is 0 Å². The van der Waals surface area contributed by atoms with Crippen LogP contribution in [0.3, 0.4) is 0 Å². The van der Waals surface area contributed by atoms with Crippen LogP contribution in [0.15, 0.2) is 53.4 Å². The third-order valence-electron chi connectivity index (χ3n) is 6.90. The number of benzene rings is 2. The summed E-state index contributed by atoms with van der Waals surface area (Å²) in [5.41, 5.74) is 2.15. The van der Waals surface area contributed by atoms with Gasteiger partial charge in [-0.3, -0.25) is 4.79 Å². The Labute approximate surface area is 227 Å². The quantitative estimate of drug-likeness (QED) is 0.445. The van der Waals surface area contributed by atoms with E-state index >= 15 is 0 Å². The molecule has 2 aliphatic heterocycles. The molecule has 5 rings (SSSR count). The average molecular weight is 551 g/mol. The molecule has 3 amide bonds. The van der Waals surface area contributed by atoms with Gasteiger partial charge in [0.05, 0.1) is 10.6 Å². The number of rotatable bonds is 2. The number of ether oxygens (including phenoxy) is 1. The fourth-order valence-corrected chi connectivity index (χ4v) is 5.91. The van der Waals surface area contributed by atoms with E-state index in [-0.39, 0.29) is 28.3 Å². The summed E-state index contributed by atoms with van der Waals surface area (Å²) in [4.78, 5) is 36.3. The third-order valence-corrected chi connectivity index (χ3v) is 8.23.